The van der Waals surface area contributed by atoms with E-state index in [1.54, 1.807) is 12.4 Å². The highest BCUT2D eigenvalue weighted by Gasteiger charge is 2.13. The van der Waals surface area contributed by atoms with Crippen LogP contribution in [0, 0.1) is 0 Å². The highest BCUT2D eigenvalue weighted by molar-refractivity contribution is 6.31. The fraction of sp³-hybridized carbons (Fsp3) is 0.0625. The molecule has 0 atom stereocenters. The zero-order valence-corrected chi connectivity index (χ0v) is 12.1. The van der Waals surface area contributed by atoms with Crippen LogP contribution in [0.1, 0.15) is 10.4 Å². The van der Waals surface area contributed by atoms with Gasteiger partial charge in [-0.25, -0.2) is 0 Å². The molecule has 0 radical (unpaired) electrons. The normalized spacial score (nSPS) is 10.6. The van der Waals surface area contributed by atoms with Gasteiger partial charge in [-0.1, -0.05) is 35.9 Å². The molecular weight excluding hydrogens is 286 g/mol. The van der Waals surface area contributed by atoms with E-state index in [0.29, 0.717) is 10.6 Å². The van der Waals surface area contributed by atoms with Crippen LogP contribution >= 0.6 is 11.6 Å². The number of halogens is 1. The number of hydrogen-bond donors (Lipinski definition) is 0. The molecule has 0 saturated heterocycles. The lowest BCUT2D eigenvalue weighted by molar-refractivity contribution is 0.112. The smallest absolute Gasteiger partial charge is 0.164 e. The minimum absolute atomic E-state index is 0.628. The molecule has 0 aliphatic carbocycles. The van der Waals surface area contributed by atoms with Crippen LogP contribution in [-0.2, 0) is 7.05 Å². The minimum atomic E-state index is 0.628. The quantitative estimate of drug-likeness (QED) is 0.694. The molecule has 1 heterocycles. The third-order valence-electron chi connectivity index (χ3n) is 3.27. The topological polar surface area (TPSA) is 47.8 Å². The number of carbonyl (C=O) groups excluding carboxylic acids is 1. The van der Waals surface area contributed by atoms with Crippen molar-refractivity contribution >= 4 is 17.9 Å². The third-order valence-corrected chi connectivity index (χ3v) is 3.50. The third kappa shape index (κ3) is 2.58. The van der Waals surface area contributed by atoms with Crippen molar-refractivity contribution in [2.45, 2.75) is 0 Å². The molecule has 1 aromatic heterocycles. The Kier molecular flexibility index (Phi) is 3.54. The molecule has 0 unspecified atom stereocenters. The largest absolute Gasteiger partial charge is 0.317 e. The second-order valence-corrected chi connectivity index (χ2v) is 5.14. The molecule has 0 spiro atoms. The second kappa shape index (κ2) is 5.50. The first-order valence-electron chi connectivity index (χ1n) is 6.38. The standard InChI is InChI=1S/C16H12ClN3O/c1-20-10-18-19-16(20)15-8-13(17)5-6-14(15)12-4-2-3-11(7-12)9-21/h2-10H,1H3. The van der Waals surface area contributed by atoms with Gasteiger partial charge in [0.2, 0.25) is 0 Å². The summed E-state index contributed by atoms with van der Waals surface area (Å²) in [6.45, 7) is 0. The molecule has 0 bridgehead atoms. The Hall–Kier alpha value is -2.46. The maximum Gasteiger partial charge on any atom is 0.164 e. The van der Waals surface area contributed by atoms with Crippen LogP contribution in [0.15, 0.2) is 48.8 Å². The van der Waals surface area contributed by atoms with E-state index in [0.717, 1.165) is 28.8 Å². The van der Waals surface area contributed by atoms with Crippen LogP contribution in [0.3, 0.4) is 0 Å². The minimum Gasteiger partial charge on any atom is -0.317 e. The van der Waals surface area contributed by atoms with Gasteiger partial charge in [-0.3, -0.25) is 4.79 Å². The monoisotopic (exact) mass is 297 g/mol. The van der Waals surface area contributed by atoms with Crippen molar-refractivity contribution in [1.82, 2.24) is 14.8 Å². The molecular formula is C16H12ClN3O. The molecule has 21 heavy (non-hydrogen) atoms. The van der Waals surface area contributed by atoms with Crippen LogP contribution in [0.25, 0.3) is 22.5 Å². The number of aryl methyl sites for hydroxylation is 1. The van der Waals surface area contributed by atoms with Gasteiger partial charge >= 0.3 is 0 Å². The lowest BCUT2D eigenvalue weighted by Crippen LogP contribution is -1.94. The molecule has 5 heteroatoms. The second-order valence-electron chi connectivity index (χ2n) is 4.70. The molecule has 3 rings (SSSR count). The van der Waals surface area contributed by atoms with Crippen molar-refractivity contribution < 1.29 is 4.79 Å². The first-order valence-corrected chi connectivity index (χ1v) is 6.76. The van der Waals surface area contributed by atoms with Crippen molar-refractivity contribution in [3.8, 4) is 22.5 Å². The Morgan fingerprint density at radius 3 is 2.71 bits per heavy atom. The van der Waals surface area contributed by atoms with Gasteiger partial charge in [0.15, 0.2) is 5.82 Å². The van der Waals surface area contributed by atoms with E-state index in [1.165, 1.54) is 0 Å². The van der Waals surface area contributed by atoms with Crippen LogP contribution in [0.5, 0.6) is 0 Å². The molecule has 0 amide bonds. The predicted molar refractivity (Wildman–Crippen MR) is 82.3 cm³/mol. The average Bonchev–Trinajstić information content (AvgIpc) is 2.93. The highest BCUT2D eigenvalue weighted by Crippen LogP contribution is 2.33. The summed E-state index contributed by atoms with van der Waals surface area (Å²) in [4.78, 5) is 11.0. The average molecular weight is 298 g/mol. The first kappa shape index (κ1) is 13.5. The molecule has 0 aliphatic rings. The van der Waals surface area contributed by atoms with Crippen molar-refractivity contribution in [3.63, 3.8) is 0 Å². The Balaban J connectivity index is 2.23. The van der Waals surface area contributed by atoms with Crippen molar-refractivity contribution in [2.24, 2.45) is 7.05 Å². The summed E-state index contributed by atoms with van der Waals surface area (Å²) >= 11 is 6.12. The number of hydrogen-bond acceptors (Lipinski definition) is 3. The van der Waals surface area contributed by atoms with Gasteiger partial charge in [-0.2, -0.15) is 0 Å². The van der Waals surface area contributed by atoms with E-state index in [-0.39, 0.29) is 0 Å². The van der Waals surface area contributed by atoms with Crippen molar-refractivity contribution in [2.75, 3.05) is 0 Å². The number of aldehydes is 1. The van der Waals surface area contributed by atoms with Gasteiger partial charge in [0.05, 0.1) is 0 Å². The number of rotatable bonds is 3. The van der Waals surface area contributed by atoms with Crippen molar-refractivity contribution in [3.05, 3.63) is 59.4 Å². The van der Waals surface area contributed by atoms with Crippen molar-refractivity contribution in [1.29, 1.82) is 0 Å². The fourth-order valence-corrected chi connectivity index (χ4v) is 2.43. The Morgan fingerprint density at radius 1 is 1.14 bits per heavy atom. The molecule has 104 valence electrons. The molecule has 0 fully saturated rings. The summed E-state index contributed by atoms with van der Waals surface area (Å²) in [5.41, 5.74) is 3.41. The molecule has 0 aliphatic heterocycles. The van der Waals surface area contributed by atoms with E-state index in [4.69, 9.17) is 11.6 Å². The molecule has 3 aromatic rings. The highest BCUT2D eigenvalue weighted by atomic mass is 35.5. The van der Waals surface area contributed by atoms with E-state index in [9.17, 15) is 4.79 Å². The fourth-order valence-electron chi connectivity index (χ4n) is 2.26. The van der Waals surface area contributed by atoms with E-state index in [2.05, 4.69) is 10.2 Å². The zero-order valence-electron chi connectivity index (χ0n) is 11.3. The number of aromatic nitrogens is 3. The SMILES string of the molecule is Cn1cnnc1-c1cc(Cl)ccc1-c1cccc(C=O)c1. The van der Waals surface area contributed by atoms with Crippen LogP contribution in [-0.4, -0.2) is 21.1 Å². The van der Waals surface area contributed by atoms with Gasteiger partial charge < -0.3 is 4.57 Å². The van der Waals surface area contributed by atoms with Crippen LogP contribution in [0.2, 0.25) is 5.02 Å². The van der Waals surface area contributed by atoms with Gasteiger partial charge in [-0.15, -0.1) is 10.2 Å². The Morgan fingerprint density at radius 2 is 2.00 bits per heavy atom. The van der Waals surface area contributed by atoms with Crippen LogP contribution < -0.4 is 0 Å². The summed E-state index contributed by atoms with van der Waals surface area (Å²) in [6, 6.07) is 13.0. The van der Waals surface area contributed by atoms with E-state index < -0.39 is 0 Å². The predicted octanol–water partition coefficient (Wildman–Crippen LogP) is 3.62. The lowest BCUT2D eigenvalue weighted by atomic mass is 9.98. The number of carbonyl (C=O) groups is 1. The van der Waals surface area contributed by atoms with Gasteiger partial charge in [-0.05, 0) is 29.3 Å². The first-order chi connectivity index (χ1) is 10.2. The van der Waals surface area contributed by atoms with E-state index >= 15 is 0 Å². The van der Waals surface area contributed by atoms with Gasteiger partial charge in [0.1, 0.15) is 12.6 Å². The summed E-state index contributed by atoms with van der Waals surface area (Å²) in [5.74, 6) is 0.726. The summed E-state index contributed by atoms with van der Waals surface area (Å²) in [6.07, 6.45) is 2.48. The number of nitrogens with zero attached hydrogens (tertiary/aromatic N) is 3. The number of benzene rings is 2. The van der Waals surface area contributed by atoms with E-state index in [1.807, 2.05) is 48.0 Å². The summed E-state index contributed by atoms with van der Waals surface area (Å²) < 4.78 is 1.83. The molecule has 4 nitrogen and oxygen atoms in total. The Bertz CT molecular complexity index is 811. The Labute approximate surface area is 127 Å². The summed E-state index contributed by atoms with van der Waals surface area (Å²) in [7, 11) is 1.88. The van der Waals surface area contributed by atoms with Crippen LogP contribution in [0.4, 0.5) is 0 Å². The summed E-state index contributed by atoms with van der Waals surface area (Å²) in [5, 5.41) is 8.68. The maximum atomic E-state index is 11.0. The van der Waals surface area contributed by atoms with Gasteiger partial charge in [0.25, 0.3) is 0 Å². The molecule has 2 aromatic carbocycles. The van der Waals surface area contributed by atoms with Gasteiger partial charge in [0, 0.05) is 23.2 Å². The maximum absolute atomic E-state index is 11.0. The lowest BCUT2D eigenvalue weighted by Gasteiger charge is -2.10. The zero-order chi connectivity index (χ0) is 14.8. The molecule has 0 N–H and O–H groups in total. The molecule has 0 saturated carbocycles.